The SMILES string of the molecule is O=C1CCCC2=C1CC1C(=O)CCCC1=N2. The topological polar surface area (TPSA) is 46.5 Å². The summed E-state index contributed by atoms with van der Waals surface area (Å²) in [6.45, 7) is 0. The van der Waals surface area contributed by atoms with Gasteiger partial charge in [0.1, 0.15) is 5.78 Å². The number of hydrogen-bond acceptors (Lipinski definition) is 3. The molecule has 0 radical (unpaired) electrons. The van der Waals surface area contributed by atoms with Crippen molar-refractivity contribution in [3.8, 4) is 0 Å². The summed E-state index contributed by atoms with van der Waals surface area (Å²) in [7, 11) is 0. The van der Waals surface area contributed by atoms with Gasteiger partial charge in [-0.2, -0.15) is 0 Å². The lowest BCUT2D eigenvalue weighted by Crippen LogP contribution is -2.33. The maximum Gasteiger partial charge on any atom is 0.160 e. The van der Waals surface area contributed by atoms with Gasteiger partial charge in [-0.1, -0.05) is 0 Å². The molecule has 0 bridgehead atoms. The molecule has 0 aromatic heterocycles. The summed E-state index contributed by atoms with van der Waals surface area (Å²) in [6, 6.07) is 0. The number of rotatable bonds is 0. The largest absolute Gasteiger partial charge is 0.299 e. The second kappa shape index (κ2) is 3.65. The van der Waals surface area contributed by atoms with Crippen molar-refractivity contribution in [2.24, 2.45) is 10.9 Å². The van der Waals surface area contributed by atoms with E-state index in [9.17, 15) is 9.59 Å². The van der Waals surface area contributed by atoms with Gasteiger partial charge in [0.2, 0.25) is 0 Å². The average Bonchev–Trinajstić information content (AvgIpc) is 2.28. The van der Waals surface area contributed by atoms with Crippen LogP contribution >= 0.6 is 0 Å². The van der Waals surface area contributed by atoms with Crippen molar-refractivity contribution in [1.29, 1.82) is 0 Å². The number of aliphatic imine (C=N–C) groups is 1. The first-order valence-electron chi connectivity index (χ1n) is 6.11. The Labute approximate surface area is 94.6 Å². The number of Topliss-reactive ketones (excluding diaryl/α,β-unsaturated/α-hetero) is 2. The minimum absolute atomic E-state index is 0.0606. The molecule has 1 fully saturated rings. The molecule has 0 amide bonds. The van der Waals surface area contributed by atoms with Gasteiger partial charge in [-0.05, 0) is 32.1 Å². The lowest BCUT2D eigenvalue weighted by atomic mass is 9.77. The molecule has 3 heteroatoms. The van der Waals surface area contributed by atoms with Crippen molar-refractivity contribution < 1.29 is 9.59 Å². The van der Waals surface area contributed by atoms with Crippen LogP contribution in [0.5, 0.6) is 0 Å². The molecule has 0 aromatic rings. The zero-order chi connectivity index (χ0) is 11.1. The molecule has 16 heavy (non-hydrogen) atoms. The Hall–Kier alpha value is -1.25. The molecule has 3 aliphatic rings. The Kier molecular flexibility index (Phi) is 2.27. The van der Waals surface area contributed by atoms with E-state index in [2.05, 4.69) is 4.99 Å². The predicted molar refractivity (Wildman–Crippen MR) is 60.3 cm³/mol. The minimum atomic E-state index is -0.0606. The van der Waals surface area contributed by atoms with E-state index in [0.717, 1.165) is 42.7 Å². The average molecular weight is 217 g/mol. The third kappa shape index (κ3) is 1.46. The lowest BCUT2D eigenvalue weighted by Gasteiger charge is -2.30. The summed E-state index contributed by atoms with van der Waals surface area (Å²) < 4.78 is 0. The summed E-state index contributed by atoms with van der Waals surface area (Å²) in [5, 5.41) is 0. The van der Waals surface area contributed by atoms with E-state index in [4.69, 9.17) is 0 Å². The standard InChI is InChI=1S/C13H15NO2/c15-12-5-1-3-10-8(12)7-9-11(14-10)4-2-6-13(9)16/h8H,1-7H2. The van der Waals surface area contributed by atoms with Crippen LogP contribution in [0.3, 0.4) is 0 Å². The highest BCUT2D eigenvalue weighted by atomic mass is 16.1. The normalized spacial score (nSPS) is 29.8. The van der Waals surface area contributed by atoms with Crippen molar-refractivity contribution in [3.05, 3.63) is 11.3 Å². The summed E-state index contributed by atoms with van der Waals surface area (Å²) in [5.41, 5.74) is 2.89. The number of allylic oxidation sites excluding steroid dienone is 2. The first-order chi connectivity index (χ1) is 7.75. The van der Waals surface area contributed by atoms with E-state index in [1.165, 1.54) is 0 Å². The molecule has 3 rings (SSSR count). The highest BCUT2D eigenvalue weighted by Gasteiger charge is 2.35. The first-order valence-corrected chi connectivity index (χ1v) is 6.11. The monoisotopic (exact) mass is 217 g/mol. The molecule has 3 nitrogen and oxygen atoms in total. The Morgan fingerprint density at radius 1 is 1.00 bits per heavy atom. The van der Waals surface area contributed by atoms with E-state index in [0.29, 0.717) is 19.3 Å². The van der Waals surface area contributed by atoms with E-state index in [1.54, 1.807) is 0 Å². The second-order valence-electron chi connectivity index (χ2n) is 4.88. The maximum absolute atomic E-state index is 11.8. The molecule has 0 N–H and O–H groups in total. The summed E-state index contributed by atoms with van der Waals surface area (Å²) in [6.07, 6.45) is 5.68. The zero-order valence-electron chi connectivity index (χ0n) is 9.29. The summed E-state index contributed by atoms with van der Waals surface area (Å²) >= 11 is 0. The molecule has 0 spiro atoms. The third-order valence-electron chi connectivity index (χ3n) is 3.84. The summed E-state index contributed by atoms with van der Waals surface area (Å²) in [5.74, 6) is 0.451. The van der Waals surface area contributed by atoms with Crippen molar-refractivity contribution in [2.75, 3.05) is 0 Å². The van der Waals surface area contributed by atoms with Crippen LogP contribution in [0.4, 0.5) is 0 Å². The Morgan fingerprint density at radius 3 is 2.69 bits per heavy atom. The van der Waals surface area contributed by atoms with Crippen molar-refractivity contribution in [1.82, 2.24) is 0 Å². The van der Waals surface area contributed by atoms with Gasteiger partial charge in [-0.25, -0.2) is 0 Å². The molecule has 84 valence electrons. The molecule has 1 atom stereocenters. The van der Waals surface area contributed by atoms with Gasteiger partial charge in [0, 0.05) is 29.8 Å². The van der Waals surface area contributed by atoms with Crippen LogP contribution in [-0.2, 0) is 9.59 Å². The van der Waals surface area contributed by atoms with E-state index >= 15 is 0 Å². The molecule has 1 unspecified atom stereocenters. The Morgan fingerprint density at radius 2 is 1.81 bits per heavy atom. The van der Waals surface area contributed by atoms with Gasteiger partial charge in [-0.3, -0.25) is 14.6 Å². The second-order valence-corrected chi connectivity index (χ2v) is 4.88. The van der Waals surface area contributed by atoms with Gasteiger partial charge >= 0.3 is 0 Å². The quantitative estimate of drug-likeness (QED) is 0.624. The van der Waals surface area contributed by atoms with E-state index < -0.39 is 0 Å². The molecule has 1 heterocycles. The third-order valence-corrected chi connectivity index (χ3v) is 3.84. The number of nitrogens with zero attached hydrogens (tertiary/aromatic N) is 1. The zero-order valence-corrected chi connectivity index (χ0v) is 9.29. The molecule has 0 saturated heterocycles. The van der Waals surface area contributed by atoms with Crippen LogP contribution in [0.25, 0.3) is 0 Å². The molecule has 2 aliphatic carbocycles. The fraction of sp³-hybridized carbons (Fsp3) is 0.615. The van der Waals surface area contributed by atoms with Crippen molar-refractivity contribution in [2.45, 2.75) is 44.9 Å². The smallest absolute Gasteiger partial charge is 0.160 e. The number of hydrogen-bond donors (Lipinski definition) is 0. The maximum atomic E-state index is 11.8. The van der Waals surface area contributed by atoms with E-state index in [-0.39, 0.29) is 17.5 Å². The highest BCUT2D eigenvalue weighted by Crippen LogP contribution is 2.36. The van der Waals surface area contributed by atoms with Crippen LogP contribution in [0, 0.1) is 5.92 Å². The summed E-state index contributed by atoms with van der Waals surface area (Å²) in [4.78, 5) is 28.1. The van der Waals surface area contributed by atoms with Gasteiger partial charge < -0.3 is 0 Å². The van der Waals surface area contributed by atoms with Crippen LogP contribution in [0.15, 0.2) is 16.3 Å². The molecule has 0 aromatic carbocycles. The predicted octanol–water partition coefficient (Wildman–Crippen LogP) is 2.21. The Bertz CT molecular complexity index is 431. The highest BCUT2D eigenvalue weighted by molar-refractivity contribution is 6.10. The van der Waals surface area contributed by atoms with Crippen LogP contribution in [-0.4, -0.2) is 17.3 Å². The molecule has 1 saturated carbocycles. The van der Waals surface area contributed by atoms with Gasteiger partial charge in [0.05, 0.1) is 5.92 Å². The fourth-order valence-electron chi connectivity index (χ4n) is 2.96. The first kappa shape index (κ1) is 9.94. The van der Waals surface area contributed by atoms with Crippen molar-refractivity contribution in [3.63, 3.8) is 0 Å². The number of carbonyl (C=O) groups is 2. The molecular formula is C13H15NO2. The lowest BCUT2D eigenvalue weighted by molar-refractivity contribution is -0.121. The van der Waals surface area contributed by atoms with Gasteiger partial charge in [-0.15, -0.1) is 0 Å². The van der Waals surface area contributed by atoms with Crippen LogP contribution in [0.2, 0.25) is 0 Å². The van der Waals surface area contributed by atoms with Gasteiger partial charge in [0.25, 0.3) is 0 Å². The minimum Gasteiger partial charge on any atom is -0.299 e. The Balaban J connectivity index is 1.99. The van der Waals surface area contributed by atoms with E-state index in [1.807, 2.05) is 0 Å². The number of fused-ring (bicyclic) bond motifs is 1. The van der Waals surface area contributed by atoms with Crippen molar-refractivity contribution >= 4 is 17.3 Å². The van der Waals surface area contributed by atoms with Crippen LogP contribution < -0.4 is 0 Å². The number of carbonyl (C=O) groups excluding carboxylic acids is 2. The van der Waals surface area contributed by atoms with Gasteiger partial charge in [0.15, 0.2) is 5.78 Å². The fourth-order valence-corrected chi connectivity index (χ4v) is 2.96. The van der Waals surface area contributed by atoms with Crippen LogP contribution in [0.1, 0.15) is 44.9 Å². The number of ketones is 2. The molecule has 1 aliphatic heterocycles. The molecular weight excluding hydrogens is 202 g/mol.